The van der Waals surface area contributed by atoms with Crippen LogP contribution in [0.3, 0.4) is 0 Å². The topological polar surface area (TPSA) is 182 Å². The molecule has 1 heterocycles. The zero-order chi connectivity index (χ0) is 24.7. The molecule has 4 N–H and O–H groups in total. The van der Waals surface area contributed by atoms with Crippen LogP contribution < -0.4 is 5.32 Å². The van der Waals surface area contributed by atoms with Crippen molar-refractivity contribution in [3.63, 3.8) is 0 Å². The molecule has 1 aromatic heterocycles. The number of carbonyl (C=O) groups excluding carboxylic acids is 1. The quantitative estimate of drug-likeness (QED) is 0.155. The molecule has 0 bridgehead atoms. The fraction of sp³-hybridized carbons (Fsp3) is 0.833. The van der Waals surface area contributed by atoms with Crippen LogP contribution in [-0.2, 0) is 40.5 Å². The molecule has 33 heavy (non-hydrogen) atoms. The Morgan fingerprint density at radius 2 is 1.97 bits per heavy atom. The molecule has 15 heteroatoms. The second-order valence-corrected chi connectivity index (χ2v) is 11.1. The Morgan fingerprint density at radius 3 is 2.64 bits per heavy atom. The Morgan fingerprint density at radius 1 is 1.21 bits per heavy atom. The molecular weight excluding hydrogens is 478 g/mol. The predicted molar refractivity (Wildman–Crippen MR) is 120 cm³/mol. The number of unbranched alkanes of at least 4 members (excludes halogenated alkanes) is 1. The molecule has 0 radical (unpaired) electrons. The summed E-state index contributed by atoms with van der Waals surface area (Å²) in [6.07, 6.45) is 6.06. The van der Waals surface area contributed by atoms with Gasteiger partial charge in [0.05, 0.1) is 18.9 Å². The number of nitrogens with one attached hydrogen (secondary N) is 1. The summed E-state index contributed by atoms with van der Waals surface area (Å²) in [4.78, 5) is 30.1. The van der Waals surface area contributed by atoms with Crippen LogP contribution in [0.1, 0.15) is 44.2 Å². The van der Waals surface area contributed by atoms with E-state index in [0.717, 1.165) is 32.3 Å². The largest absolute Gasteiger partial charge is 0.471 e. The number of aliphatic hydroxyl groups excluding tert-OH is 1. The maximum absolute atomic E-state index is 11.8. The SMILES string of the molecule is COP(=O)(O)OCCCNC(=O)CCCc1cn(CCCCC(CO)COP(C)(=O)O)nn1. The van der Waals surface area contributed by atoms with Crippen molar-refractivity contribution >= 4 is 21.3 Å². The van der Waals surface area contributed by atoms with Crippen molar-refractivity contribution in [2.45, 2.75) is 51.5 Å². The zero-order valence-corrected chi connectivity index (χ0v) is 21.0. The van der Waals surface area contributed by atoms with Crippen molar-refractivity contribution in [1.29, 1.82) is 0 Å². The van der Waals surface area contributed by atoms with Crippen molar-refractivity contribution < 1.29 is 42.4 Å². The van der Waals surface area contributed by atoms with Crippen molar-refractivity contribution in [3.05, 3.63) is 11.9 Å². The van der Waals surface area contributed by atoms with Gasteiger partial charge >= 0.3 is 15.4 Å². The zero-order valence-electron chi connectivity index (χ0n) is 19.2. The molecule has 192 valence electrons. The molecule has 0 saturated carbocycles. The Balaban J connectivity index is 2.14. The summed E-state index contributed by atoms with van der Waals surface area (Å²) in [5, 5.41) is 20.2. The minimum atomic E-state index is -3.97. The molecule has 0 aliphatic carbocycles. The van der Waals surface area contributed by atoms with Crippen LogP contribution in [0, 0.1) is 5.92 Å². The van der Waals surface area contributed by atoms with Crippen LogP contribution in [0.4, 0.5) is 0 Å². The van der Waals surface area contributed by atoms with Crippen molar-refractivity contribution in [1.82, 2.24) is 20.3 Å². The van der Waals surface area contributed by atoms with Gasteiger partial charge in [0.25, 0.3) is 0 Å². The van der Waals surface area contributed by atoms with Gasteiger partial charge in [-0.05, 0) is 32.1 Å². The van der Waals surface area contributed by atoms with E-state index in [1.54, 1.807) is 4.68 Å². The van der Waals surface area contributed by atoms with Gasteiger partial charge in [-0.1, -0.05) is 11.6 Å². The van der Waals surface area contributed by atoms with Gasteiger partial charge in [0.15, 0.2) is 0 Å². The Bertz CT molecular complexity index is 787. The van der Waals surface area contributed by atoms with E-state index >= 15 is 0 Å². The molecule has 0 saturated heterocycles. The first-order valence-electron chi connectivity index (χ1n) is 10.8. The monoisotopic (exact) mass is 514 g/mol. The molecular formula is C18H36N4O9P2. The molecule has 0 aliphatic rings. The maximum atomic E-state index is 11.8. The maximum Gasteiger partial charge on any atom is 0.471 e. The van der Waals surface area contributed by atoms with E-state index < -0.39 is 15.4 Å². The second-order valence-electron chi connectivity index (χ2n) is 7.66. The average Bonchev–Trinajstić information content (AvgIpc) is 3.20. The van der Waals surface area contributed by atoms with E-state index in [2.05, 4.69) is 24.7 Å². The number of hydrogen-bond acceptors (Lipinski definition) is 9. The minimum absolute atomic E-state index is 0.00289. The van der Waals surface area contributed by atoms with Crippen molar-refractivity contribution in [2.75, 3.05) is 40.1 Å². The molecule has 0 aliphatic heterocycles. The second kappa shape index (κ2) is 15.7. The first-order valence-corrected chi connectivity index (χ1v) is 14.3. The van der Waals surface area contributed by atoms with E-state index in [1.165, 1.54) is 0 Å². The van der Waals surface area contributed by atoms with Crippen LogP contribution >= 0.6 is 15.4 Å². The number of aryl methyl sites for hydroxylation is 2. The van der Waals surface area contributed by atoms with Crippen LogP contribution in [0.25, 0.3) is 0 Å². The van der Waals surface area contributed by atoms with Gasteiger partial charge < -0.3 is 24.7 Å². The van der Waals surface area contributed by atoms with Crippen molar-refractivity contribution in [2.24, 2.45) is 5.92 Å². The van der Waals surface area contributed by atoms with E-state index in [0.29, 0.717) is 45.2 Å². The van der Waals surface area contributed by atoms with Gasteiger partial charge in [-0.25, -0.2) is 4.57 Å². The normalized spacial score (nSPS) is 16.2. The number of hydrogen-bond donors (Lipinski definition) is 4. The van der Waals surface area contributed by atoms with E-state index in [-0.39, 0.29) is 31.6 Å². The van der Waals surface area contributed by atoms with Gasteiger partial charge in [-0.15, -0.1) is 5.10 Å². The number of nitrogens with zero attached hydrogens (tertiary/aromatic N) is 3. The Labute approximate surface area is 194 Å². The number of phosphoric ester groups is 1. The molecule has 1 aromatic rings. The van der Waals surface area contributed by atoms with Gasteiger partial charge in [0.1, 0.15) is 0 Å². The Hall–Kier alpha value is -1.17. The summed E-state index contributed by atoms with van der Waals surface area (Å²) < 4.78 is 37.8. The summed E-state index contributed by atoms with van der Waals surface area (Å²) in [7, 11) is -6.42. The number of phosphoric acid groups is 1. The van der Waals surface area contributed by atoms with Gasteiger partial charge in [0, 0.05) is 52.0 Å². The summed E-state index contributed by atoms with van der Waals surface area (Å²) in [5.74, 6) is -0.304. The molecule has 1 amide bonds. The molecule has 0 spiro atoms. The molecule has 0 aromatic carbocycles. The highest BCUT2D eigenvalue weighted by Crippen LogP contribution is 2.41. The summed E-state index contributed by atoms with van der Waals surface area (Å²) in [6.45, 7) is 2.06. The van der Waals surface area contributed by atoms with Gasteiger partial charge in [-0.2, -0.15) is 0 Å². The minimum Gasteiger partial charge on any atom is -0.396 e. The van der Waals surface area contributed by atoms with E-state index in [4.69, 9.17) is 14.3 Å². The summed E-state index contributed by atoms with van der Waals surface area (Å²) in [5.41, 5.74) is 0.790. The van der Waals surface area contributed by atoms with E-state index in [1.807, 2.05) is 6.20 Å². The number of aliphatic hydroxyl groups is 1. The van der Waals surface area contributed by atoms with Crippen LogP contribution in [-0.4, -0.2) is 75.9 Å². The third kappa shape index (κ3) is 15.4. The van der Waals surface area contributed by atoms with Crippen LogP contribution in [0.5, 0.6) is 0 Å². The highest BCUT2D eigenvalue weighted by Gasteiger charge is 2.17. The van der Waals surface area contributed by atoms with Crippen molar-refractivity contribution in [3.8, 4) is 0 Å². The number of carbonyl (C=O) groups is 1. The van der Waals surface area contributed by atoms with Gasteiger partial charge in [-0.3, -0.25) is 23.1 Å². The average molecular weight is 514 g/mol. The summed E-state index contributed by atoms with van der Waals surface area (Å²) in [6, 6.07) is 0. The standard InChI is InChI=1S/C18H36N4O9P2/c1-29-33(27,28)30-12-6-10-19-18(24)9-5-8-17-13-22(21-20-17)11-4-3-7-16(14-23)15-31-32(2,25)26/h13,16,23H,3-12,14-15H2,1-2H3,(H,19,24)(H,25,26)(H,27,28). The fourth-order valence-corrected chi connectivity index (χ4v) is 3.74. The lowest BCUT2D eigenvalue weighted by Gasteiger charge is -2.15. The predicted octanol–water partition coefficient (Wildman–Crippen LogP) is 1.48. The fourth-order valence-electron chi connectivity index (χ4n) is 2.79. The molecule has 0 fully saturated rings. The lowest BCUT2D eigenvalue weighted by Crippen LogP contribution is -2.25. The van der Waals surface area contributed by atoms with Crippen LogP contribution in [0.15, 0.2) is 6.20 Å². The molecule has 3 unspecified atom stereocenters. The molecule has 1 rings (SSSR count). The molecule has 13 nitrogen and oxygen atoms in total. The first kappa shape index (κ1) is 29.9. The lowest BCUT2D eigenvalue weighted by atomic mass is 10.0. The first-order chi connectivity index (χ1) is 15.5. The third-order valence-corrected chi connectivity index (χ3v) is 6.21. The Kier molecular flexibility index (Phi) is 14.2. The summed E-state index contributed by atoms with van der Waals surface area (Å²) >= 11 is 0. The molecule has 3 atom stereocenters. The third-order valence-electron chi connectivity index (χ3n) is 4.61. The smallest absolute Gasteiger partial charge is 0.396 e. The number of aromatic nitrogens is 3. The van der Waals surface area contributed by atoms with E-state index in [9.17, 15) is 19.0 Å². The number of rotatable bonds is 19. The highest BCUT2D eigenvalue weighted by atomic mass is 31.2. The highest BCUT2D eigenvalue weighted by molar-refractivity contribution is 7.51. The van der Waals surface area contributed by atoms with Gasteiger partial charge in [0.2, 0.25) is 5.91 Å². The lowest BCUT2D eigenvalue weighted by molar-refractivity contribution is -0.121. The van der Waals surface area contributed by atoms with Crippen LogP contribution in [0.2, 0.25) is 0 Å². The number of amides is 1.